The van der Waals surface area contributed by atoms with Gasteiger partial charge < -0.3 is 25.2 Å². The first-order valence-corrected chi connectivity index (χ1v) is 17.5. The highest BCUT2D eigenvalue weighted by Gasteiger charge is 2.56. The number of anilines is 2. The summed E-state index contributed by atoms with van der Waals surface area (Å²) in [5, 5.41) is 17.9. The number of hydrogen-bond acceptors (Lipinski definition) is 6. The van der Waals surface area contributed by atoms with Crippen molar-refractivity contribution >= 4 is 44.9 Å². The maximum atomic E-state index is 14.4. The smallest absolute Gasteiger partial charge is 0.235 e. The maximum Gasteiger partial charge on any atom is 0.235 e. The van der Waals surface area contributed by atoms with Crippen LogP contribution in [0.3, 0.4) is 0 Å². The first-order chi connectivity index (χ1) is 22.6. The van der Waals surface area contributed by atoms with Crippen LogP contribution >= 0.6 is 15.9 Å². The fraction of sp³-hybridized carbons (Fsp3) is 0.447. The van der Waals surface area contributed by atoms with Gasteiger partial charge in [0.2, 0.25) is 11.8 Å². The molecule has 0 radical (unpaired) electrons. The highest BCUT2D eigenvalue weighted by Crippen LogP contribution is 2.49. The molecule has 0 spiro atoms. The predicted octanol–water partition coefficient (Wildman–Crippen LogP) is 7.86. The number of unbranched alkanes of at least 4 members (excludes halogenated alkanes) is 2. The van der Waals surface area contributed by atoms with Crippen molar-refractivity contribution in [1.82, 2.24) is 0 Å². The molecule has 3 aromatic carbocycles. The van der Waals surface area contributed by atoms with Crippen molar-refractivity contribution in [1.29, 1.82) is 0 Å². The van der Waals surface area contributed by atoms with E-state index in [1.165, 1.54) is 6.92 Å². The molecule has 0 aliphatic heterocycles. The first-order valence-electron chi connectivity index (χ1n) is 16.7. The minimum absolute atomic E-state index is 0.345. The molecule has 8 nitrogen and oxygen atoms in total. The standard InChI is InChI=1S/C38H47BrN2O6/c1-6-10-15-20-47-35-27(39)21-26(22-31(35)46-9-4)32-33(36(43)40-28-18-13-11-16-24(28)7-2)30(42)23-38(5,45)34(32)37(44)41-29-19-14-12-17-25(29)8-3/h11-14,16-19,21-22,32-34,45H,6-10,15,20,23H2,1-5H3,(H,40,43)(H,41,44). The van der Waals surface area contributed by atoms with Crippen LogP contribution in [0.15, 0.2) is 65.1 Å². The molecule has 4 atom stereocenters. The number of aliphatic hydroxyl groups is 1. The second-order valence-corrected chi connectivity index (χ2v) is 13.2. The Morgan fingerprint density at radius 1 is 0.894 bits per heavy atom. The fourth-order valence-corrected chi connectivity index (χ4v) is 7.10. The second-order valence-electron chi connectivity index (χ2n) is 12.3. The van der Waals surface area contributed by atoms with Gasteiger partial charge in [-0.3, -0.25) is 14.4 Å². The maximum absolute atomic E-state index is 14.4. The lowest BCUT2D eigenvalue weighted by molar-refractivity contribution is -0.150. The summed E-state index contributed by atoms with van der Waals surface area (Å²) in [6, 6.07) is 18.4. The Morgan fingerprint density at radius 2 is 1.49 bits per heavy atom. The van der Waals surface area contributed by atoms with Crippen LogP contribution in [0.25, 0.3) is 0 Å². The third kappa shape index (κ3) is 8.43. The molecule has 3 aromatic rings. The van der Waals surface area contributed by atoms with Gasteiger partial charge in [-0.25, -0.2) is 0 Å². The van der Waals surface area contributed by atoms with E-state index < -0.39 is 41.0 Å². The van der Waals surface area contributed by atoms with Gasteiger partial charge >= 0.3 is 0 Å². The SMILES string of the molecule is CCCCCOc1c(Br)cc(C2C(C(=O)Nc3ccccc3CC)C(=O)CC(C)(O)C2C(=O)Nc2ccccc2CC)cc1OCC. The third-order valence-corrected chi connectivity index (χ3v) is 9.44. The van der Waals surface area contributed by atoms with Crippen LogP contribution < -0.4 is 20.1 Å². The number of aryl methyl sites for hydroxylation is 2. The zero-order valence-corrected chi connectivity index (χ0v) is 29.6. The van der Waals surface area contributed by atoms with Crippen molar-refractivity contribution in [3.05, 3.63) is 81.8 Å². The van der Waals surface area contributed by atoms with E-state index in [2.05, 4.69) is 33.5 Å². The average Bonchev–Trinajstić information content (AvgIpc) is 3.03. The zero-order chi connectivity index (χ0) is 34.1. The number of para-hydroxylation sites is 2. The normalized spacial score (nSPS) is 20.8. The molecule has 4 rings (SSSR count). The molecule has 252 valence electrons. The van der Waals surface area contributed by atoms with Crippen molar-refractivity contribution < 1.29 is 29.0 Å². The largest absolute Gasteiger partial charge is 0.490 e. The summed E-state index contributed by atoms with van der Waals surface area (Å²) in [6.07, 6.45) is 3.96. The number of benzene rings is 3. The monoisotopic (exact) mass is 706 g/mol. The summed E-state index contributed by atoms with van der Waals surface area (Å²) in [4.78, 5) is 42.5. The molecule has 1 aliphatic carbocycles. The first kappa shape index (κ1) is 36.2. The van der Waals surface area contributed by atoms with Crippen molar-refractivity contribution in [2.75, 3.05) is 23.8 Å². The molecule has 0 bridgehead atoms. The summed E-state index contributed by atoms with van der Waals surface area (Å²) in [5.41, 5.74) is 1.83. The molecule has 4 unspecified atom stereocenters. The molecule has 0 saturated heterocycles. The molecule has 47 heavy (non-hydrogen) atoms. The Hall–Kier alpha value is -3.69. The quantitative estimate of drug-likeness (QED) is 0.116. The number of ether oxygens (including phenoxy) is 2. The number of hydrogen-bond donors (Lipinski definition) is 3. The predicted molar refractivity (Wildman–Crippen MR) is 189 cm³/mol. The molecule has 1 aliphatic rings. The van der Waals surface area contributed by atoms with Crippen LogP contribution in [-0.2, 0) is 27.2 Å². The Kier molecular flexibility index (Phi) is 12.6. The molecule has 1 saturated carbocycles. The van der Waals surface area contributed by atoms with E-state index in [4.69, 9.17) is 9.47 Å². The number of amides is 2. The molecular weight excluding hydrogens is 660 g/mol. The number of ketones is 1. The molecule has 3 N–H and O–H groups in total. The van der Waals surface area contributed by atoms with E-state index in [-0.39, 0.29) is 6.42 Å². The van der Waals surface area contributed by atoms with Crippen LogP contribution in [0.4, 0.5) is 11.4 Å². The van der Waals surface area contributed by atoms with E-state index in [1.54, 1.807) is 18.2 Å². The van der Waals surface area contributed by atoms with Gasteiger partial charge in [-0.05, 0) is 90.0 Å². The zero-order valence-electron chi connectivity index (χ0n) is 28.0. The van der Waals surface area contributed by atoms with Crippen LogP contribution in [0.5, 0.6) is 11.5 Å². The Balaban J connectivity index is 1.86. The van der Waals surface area contributed by atoms with E-state index >= 15 is 0 Å². The summed E-state index contributed by atoms with van der Waals surface area (Å²) in [5.74, 6) is -3.98. The van der Waals surface area contributed by atoms with Gasteiger partial charge in [0.15, 0.2) is 11.5 Å². The number of nitrogens with one attached hydrogen (secondary N) is 2. The van der Waals surface area contributed by atoms with Crippen molar-refractivity contribution in [3.8, 4) is 11.5 Å². The van der Waals surface area contributed by atoms with E-state index in [0.29, 0.717) is 59.0 Å². The van der Waals surface area contributed by atoms with Gasteiger partial charge in [0.05, 0.1) is 29.2 Å². The highest BCUT2D eigenvalue weighted by atomic mass is 79.9. The number of Topliss-reactive ketones (excluding diaryl/α,β-unsaturated/α-hetero) is 1. The Morgan fingerprint density at radius 3 is 2.06 bits per heavy atom. The van der Waals surface area contributed by atoms with Crippen LogP contribution in [0, 0.1) is 11.8 Å². The minimum atomic E-state index is -1.75. The average molecular weight is 708 g/mol. The highest BCUT2D eigenvalue weighted by molar-refractivity contribution is 9.10. The summed E-state index contributed by atoms with van der Waals surface area (Å²) >= 11 is 3.65. The Labute approximate surface area is 286 Å². The van der Waals surface area contributed by atoms with Gasteiger partial charge in [-0.15, -0.1) is 0 Å². The number of halogens is 1. The van der Waals surface area contributed by atoms with E-state index in [1.807, 2.05) is 63.2 Å². The van der Waals surface area contributed by atoms with Crippen LogP contribution in [0.1, 0.15) is 82.9 Å². The lowest BCUT2D eigenvalue weighted by Crippen LogP contribution is -2.56. The van der Waals surface area contributed by atoms with Gasteiger partial charge in [0.25, 0.3) is 0 Å². The molecular formula is C38H47BrN2O6. The van der Waals surface area contributed by atoms with E-state index in [9.17, 15) is 19.5 Å². The lowest BCUT2D eigenvalue weighted by Gasteiger charge is -2.44. The van der Waals surface area contributed by atoms with E-state index in [0.717, 1.165) is 30.4 Å². The Bertz CT molecular complexity index is 1570. The van der Waals surface area contributed by atoms with Gasteiger partial charge in [-0.2, -0.15) is 0 Å². The summed E-state index contributed by atoms with van der Waals surface area (Å²) in [6.45, 7) is 10.3. The minimum Gasteiger partial charge on any atom is -0.490 e. The molecule has 1 fully saturated rings. The molecule has 0 aromatic heterocycles. The van der Waals surface area contributed by atoms with Crippen LogP contribution in [0.2, 0.25) is 0 Å². The lowest BCUT2D eigenvalue weighted by atomic mass is 9.61. The van der Waals surface area contributed by atoms with Gasteiger partial charge in [-0.1, -0.05) is 70.0 Å². The second kappa shape index (κ2) is 16.4. The molecule has 9 heteroatoms. The summed E-state index contributed by atoms with van der Waals surface area (Å²) in [7, 11) is 0. The number of carbonyl (C=O) groups excluding carboxylic acids is 3. The topological polar surface area (TPSA) is 114 Å². The third-order valence-electron chi connectivity index (χ3n) is 8.86. The van der Waals surface area contributed by atoms with Gasteiger partial charge in [0, 0.05) is 23.7 Å². The van der Waals surface area contributed by atoms with Gasteiger partial charge in [0.1, 0.15) is 11.7 Å². The molecule has 2 amide bonds. The fourth-order valence-electron chi connectivity index (χ4n) is 6.52. The van der Waals surface area contributed by atoms with Crippen LogP contribution in [-0.4, -0.2) is 41.5 Å². The van der Waals surface area contributed by atoms with Crippen molar-refractivity contribution in [2.24, 2.45) is 11.8 Å². The van der Waals surface area contributed by atoms with Crippen molar-refractivity contribution in [3.63, 3.8) is 0 Å². The van der Waals surface area contributed by atoms with Crippen molar-refractivity contribution in [2.45, 2.75) is 84.7 Å². The molecule has 0 heterocycles. The number of rotatable bonds is 14. The number of carbonyl (C=O) groups is 3. The summed E-state index contributed by atoms with van der Waals surface area (Å²) < 4.78 is 12.7.